The Morgan fingerprint density at radius 2 is 1.97 bits per heavy atom. The maximum Gasteiger partial charge on any atom is 0.254 e. The van der Waals surface area contributed by atoms with Gasteiger partial charge in [-0.15, -0.1) is 0 Å². The Morgan fingerprint density at radius 1 is 1.24 bits per heavy atom. The molecule has 0 bridgehead atoms. The molecular weight excluding hydrogens is 469 g/mol. The molecule has 3 atom stereocenters. The third-order valence-corrected chi connectivity index (χ3v) is 7.42. The fraction of sp³-hybridized carbons (Fsp3) is 0.435. The van der Waals surface area contributed by atoms with E-state index in [2.05, 4.69) is 10.3 Å². The average molecular weight is 494 g/mol. The molecule has 1 saturated carbocycles. The lowest BCUT2D eigenvalue weighted by Crippen LogP contribution is -2.47. The molecule has 2 aromatic rings. The fourth-order valence-corrected chi connectivity index (χ4v) is 5.00. The highest BCUT2D eigenvalue weighted by atomic mass is 35.5. The predicted octanol–water partition coefficient (Wildman–Crippen LogP) is 3.40. The largest absolute Gasteiger partial charge is 0.347 e. The fourth-order valence-electron chi connectivity index (χ4n) is 4.29. The number of pyridine rings is 1. The summed E-state index contributed by atoms with van der Waals surface area (Å²) in [7, 11) is -3.58. The number of nitrogens with one attached hydrogen (secondary N) is 1. The summed E-state index contributed by atoms with van der Waals surface area (Å²) in [6.07, 6.45) is 4.62. The number of hydrogen-bond acceptors (Lipinski definition) is 5. The summed E-state index contributed by atoms with van der Waals surface area (Å²) in [5.41, 5.74) is 0.805. The molecule has 33 heavy (non-hydrogen) atoms. The van der Waals surface area contributed by atoms with Gasteiger partial charge in [0, 0.05) is 24.6 Å². The Hall–Kier alpha value is -2.52. The van der Waals surface area contributed by atoms with Crippen LogP contribution in [0.15, 0.2) is 41.6 Å². The van der Waals surface area contributed by atoms with Crippen LogP contribution in [0, 0.1) is 17.7 Å². The second kappa shape index (κ2) is 9.02. The molecule has 1 N–H and O–H groups in total. The van der Waals surface area contributed by atoms with E-state index in [1.165, 1.54) is 35.4 Å². The highest BCUT2D eigenvalue weighted by molar-refractivity contribution is 7.90. The van der Waals surface area contributed by atoms with Crippen LogP contribution < -0.4 is 5.32 Å². The molecule has 1 saturated heterocycles. The second-order valence-corrected chi connectivity index (χ2v) is 11.3. The van der Waals surface area contributed by atoms with E-state index in [1.807, 2.05) is 6.92 Å². The van der Waals surface area contributed by atoms with Gasteiger partial charge in [0.1, 0.15) is 11.9 Å². The molecule has 1 aromatic carbocycles. The van der Waals surface area contributed by atoms with Gasteiger partial charge in [-0.1, -0.05) is 24.6 Å². The molecule has 1 aromatic heterocycles. The standard InChI is InChI=1S/C23H25ClFN3O4S/c1-13-9-19(28(12-13)23(30)16-7-8-26-20(11-16)33(2,31)32)22(29)27-21(14-3-4-14)15-5-6-17(24)18(25)10-15/h5-8,10-11,13-14,19,21H,3-4,9,12H2,1-2H3,(H,27,29)/t13-,19-,21-/m1/s1. The van der Waals surface area contributed by atoms with Crippen molar-refractivity contribution in [3.63, 3.8) is 0 Å². The molecule has 4 rings (SSSR count). The molecule has 2 amide bonds. The first kappa shape index (κ1) is 23.6. The van der Waals surface area contributed by atoms with Crippen LogP contribution in [-0.2, 0) is 14.6 Å². The monoisotopic (exact) mass is 493 g/mol. The molecule has 0 radical (unpaired) electrons. The summed E-state index contributed by atoms with van der Waals surface area (Å²) < 4.78 is 37.7. The van der Waals surface area contributed by atoms with Crippen LogP contribution in [0.25, 0.3) is 0 Å². The number of hydrogen-bond donors (Lipinski definition) is 1. The molecule has 10 heteroatoms. The Labute approximate surface area is 197 Å². The third kappa shape index (κ3) is 5.19. The number of benzene rings is 1. The second-order valence-electron chi connectivity index (χ2n) is 8.97. The minimum absolute atomic E-state index is 0.0202. The van der Waals surface area contributed by atoms with Gasteiger partial charge in [0.2, 0.25) is 5.91 Å². The summed E-state index contributed by atoms with van der Waals surface area (Å²) >= 11 is 5.81. The summed E-state index contributed by atoms with van der Waals surface area (Å²) in [4.78, 5) is 31.8. The quantitative estimate of drug-likeness (QED) is 0.665. The summed E-state index contributed by atoms with van der Waals surface area (Å²) in [5, 5.41) is 2.85. The number of amides is 2. The maximum absolute atomic E-state index is 14.0. The minimum Gasteiger partial charge on any atom is -0.347 e. The van der Waals surface area contributed by atoms with Gasteiger partial charge in [-0.05, 0) is 60.9 Å². The molecule has 0 spiro atoms. The third-order valence-electron chi connectivity index (χ3n) is 6.13. The van der Waals surface area contributed by atoms with E-state index in [-0.39, 0.29) is 39.4 Å². The van der Waals surface area contributed by atoms with Crippen molar-refractivity contribution in [2.75, 3.05) is 12.8 Å². The van der Waals surface area contributed by atoms with Crippen LogP contribution in [0.2, 0.25) is 5.02 Å². The first-order valence-corrected chi connectivity index (χ1v) is 13.0. The Bertz CT molecular complexity index is 1200. The smallest absolute Gasteiger partial charge is 0.254 e. The van der Waals surface area contributed by atoms with Crippen LogP contribution in [-0.4, -0.2) is 49.0 Å². The molecule has 1 aliphatic carbocycles. The van der Waals surface area contributed by atoms with Crippen LogP contribution in [0.3, 0.4) is 0 Å². The zero-order valence-corrected chi connectivity index (χ0v) is 19.9. The lowest BCUT2D eigenvalue weighted by Gasteiger charge is -2.27. The number of nitrogens with zero attached hydrogens (tertiary/aromatic N) is 2. The molecule has 1 aliphatic heterocycles. The van der Waals surface area contributed by atoms with Gasteiger partial charge < -0.3 is 10.2 Å². The zero-order valence-electron chi connectivity index (χ0n) is 18.3. The number of likely N-dealkylation sites (tertiary alicyclic amines) is 1. The molecule has 176 valence electrons. The number of aromatic nitrogens is 1. The van der Waals surface area contributed by atoms with Crippen molar-refractivity contribution in [2.24, 2.45) is 11.8 Å². The molecule has 2 fully saturated rings. The molecular formula is C23H25ClFN3O4S. The number of carbonyl (C=O) groups is 2. The first-order valence-electron chi connectivity index (χ1n) is 10.8. The van der Waals surface area contributed by atoms with Gasteiger partial charge in [0.15, 0.2) is 14.9 Å². The topological polar surface area (TPSA) is 96.4 Å². The van der Waals surface area contributed by atoms with Gasteiger partial charge in [0.05, 0.1) is 11.1 Å². The first-order chi connectivity index (χ1) is 15.5. The summed E-state index contributed by atoms with van der Waals surface area (Å²) in [6.45, 7) is 2.33. The van der Waals surface area contributed by atoms with E-state index < -0.39 is 27.6 Å². The van der Waals surface area contributed by atoms with Gasteiger partial charge in [-0.3, -0.25) is 9.59 Å². The average Bonchev–Trinajstić information content (AvgIpc) is 3.53. The number of halogens is 2. The number of rotatable bonds is 6. The molecule has 7 nitrogen and oxygen atoms in total. The van der Waals surface area contributed by atoms with Crippen molar-refractivity contribution in [2.45, 2.75) is 43.3 Å². The Kier molecular flexibility index (Phi) is 6.46. The number of carbonyl (C=O) groups excluding carboxylic acids is 2. The van der Waals surface area contributed by atoms with Crippen LogP contribution in [0.5, 0.6) is 0 Å². The van der Waals surface area contributed by atoms with E-state index in [0.29, 0.717) is 18.5 Å². The van der Waals surface area contributed by atoms with Crippen molar-refractivity contribution in [1.29, 1.82) is 0 Å². The van der Waals surface area contributed by atoms with Gasteiger partial charge in [0.25, 0.3) is 5.91 Å². The summed E-state index contributed by atoms with van der Waals surface area (Å²) in [6, 6.07) is 6.13. The van der Waals surface area contributed by atoms with Crippen molar-refractivity contribution < 1.29 is 22.4 Å². The maximum atomic E-state index is 14.0. The SMILES string of the molecule is C[C@@H]1C[C@H](C(=O)N[C@@H](c2ccc(Cl)c(F)c2)C2CC2)N(C(=O)c2ccnc(S(C)(=O)=O)c2)C1. The summed E-state index contributed by atoms with van der Waals surface area (Å²) in [5.74, 6) is -0.979. The Balaban J connectivity index is 1.56. The molecule has 2 aliphatic rings. The lowest BCUT2D eigenvalue weighted by atomic mass is 10.0. The minimum atomic E-state index is -3.58. The van der Waals surface area contributed by atoms with E-state index in [4.69, 9.17) is 11.6 Å². The van der Waals surface area contributed by atoms with Crippen LogP contribution in [0.1, 0.15) is 48.1 Å². The zero-order chi connectivity index (χ0) is 23.9. The lowest BCUT2D eigenvalue weighted by molar-refractivity contribution is -0.125. The highest BCUT2D eigenvalue weighted by Gasteiger charge is 2.41. The molecule has 0 unspecified atom stereocenters. The van der Waals surface area contributed by atoms with Crippen LogP contribution >= 0.6 is 11.6 Å². The Morgan fingerprint density at radius 3 is 2.61 bits per heavy atom. The normalized spacial score (nSPS) is 21.6. The van der Waals surface area contributed by atoms with Crippen molar-refractivity contribution >= 4 is 33.3 Å². The van der Waals surface area contributed by atoms with Gasteiger partial charge >= 0.3 is 0 Å². The van der Waals surface area contributed by atoms with E-state index in [0.717, 1.165) is 19.1 Å². The number of sulfone groups is 1. The van der Waals surface area contributed by atoms with Crippen molar-refractivity contribution in [1.82, 2.24) is 15.2 Å². The van der Waals surface area contributed by atoms with Gasteiger partial charge in [-0.2, -0.15) is 0 Å². The van der Waals surface area contributed by atoms with Crippen molar-refractivity contribution in [3.8, 4) is 0 Å². The van der Waals surface area contributed by atoms with Crippen LogP contribution in [0.4, 0.5) is 4.39 Å². The predicted molar refractivity (Wildman–Crippen MR) is 121 cm³/mol. The molecule has 2 heterocycles. The van der Waals surface area contributed by atoms with Crippen molar-refractivity contribution in [3.05, 3.63) is 58.5 Å². The highest BCUT2D eigenvalue weighted by Crippen LogP contribution is 2.42. The van der Waals surface area contributed by atoms with E-state index in [1.54, 1.807) is 6.07 Å². The van der Waals surface area contributed by atoms with E-state index >= 15 is 0 Å². The van der Waals surface area contributed by atoms with E-state index in [9.17, 15) is 22.4 Å². The van der Waals surface area contributed by atoms with Gasteiger partial charge in [-0.25, -0.2) is 17.8 Å².